The molecule has 0 aliphatic rings. The van der Waals surface area contributed by atoms with E-state index < -0.39 is 0 Å². The first kappa shape index (κ1) is 11.0. The molecule has 0 saturated heterocycles. The highest BCUT2D eigenvalue weighted by molar-refractivity contribution is 7.07. The van der Waals surface area contributed by atoms with Crippen molar-refractivity contribution in [1.29, 1.82) is 0 Å². The minimum absolute atomic E-state index is 0.679. The third kappa shape index (κ3) is 3.24. The Morgan fingerprint density at radius 2 is 2.06 bits per heavy atom. The highest BCUT2D eigenvalue weighted by atomic mass is 32.1. The second-order valence-corrected chi connectivity index (χ2v) is 4.26. The molecule has 0 amide bonds. The van der Waals surface area contributed by atoms with E-state index in [0.717, 1.165) is 23.3 Å². The number of rotatable bonds is 5. The van der Waals surface area contributed by atoms with Gasteiger partial charge in [0.2, 0.25) is 0 Å². The first-order valence-electron chi connectivity index (χ1n) is 5.17. The van der Waals surface area contributed by atoms with Crippen LogP contribution in [0, 0.1) is 5.21 Å². The Balaban J connectivity index is 1.70. The molecule has 4 heteroatoms. The lowest BCUT2D eigenvalue weighted by Gasteiger charge is -2.04. The highest BCUT2D eigenvalue weighted by Crippen LogP contribution is 2.10. The van der Waals surface area contributed by atoms with Crippen LogP contribution in [0.3, 0.4) is 0 Å². The van der Waals surface area contributed by atoms with E-state index in [2.05, 4.69) is 16.8 Å². The zero-order valence-electron chi connectivity index (χ0n) is 8.83. The zero-order chi connectivity index (χ0) is 11.2. The molecule has 0 aromatic carbocycles. The molecule has 0 aliphatic carbocycles. The van der Waals surface area contributed by atoms with Gasteiger partial charge in [-0.3, -0.25) is 0 Å². The number of ether oxygens (including phenoxy) is 1. The Morgan fingerprint density at radius 3 is 2.75 bits per heavy atom. The Bertz CT molecular complexity index is 411. The van der Waals surface area contributed by atoms with Crippen LogP contribution in [-0.4, -0.2) is 6.61 Å². The van der Waals surface area contributed by atoms with Gasteiger partial charge in [-0.1, -0.05) is 0 Å². The number of hydrogen-bond donors (Lipinski definition) is 0. The maximum Gasteiger partial charge on any atom is 0.184 e. The molecule has 2 aromatic rings. The molecule has 0 spiro atoms. The van der Waals surface area contributed by atoms with Crippen LogP contribution in [0.15, 0.2) is 41.4 Å². The fourth-order valence-corrected chi connectivity index (χ4v) is 2.10. The molecular weight excluding hydrogens is 222 g/mol. The fourth-order valence-electron chi connectivity index (χ4n) is 1.40. The van der Waals surface area contributed by atoms with E-state index >= 15 is 0 Å². The third-order valence-electron chi connectivity index (χ3n) is 2.23. The van der Waals surface area contributed by atoms with Gasteiger partial charge in [-0.05, 0) is 35.2 Å². The predicted molar refractivity (Wildman–Crippen MR) is 63.5 cm³/mol. The predicted octanol–water partition coefficient (Wildman–Crippen LogP) is 2.39. The zero-order valence-corrected chi connectivity index (χ0v) is 9.65. The van der Waals surface area contributed by atoms with Crippen molar-refractivity contribution in [3.63, 3.8) is 0 Å². The summed E-state index contributed by atoms with van der Waals surface area (Å²) in [5.41, 5.74) is 1.36. The molecule has 16 heavy (non-hydrogen) atoms. The molecule has 2 heterocycles. The number of pyridine rings is 1. The second kappa shape index (κ2) is 5.51. The van der Waals surface area contributed by atoms with E-state index in [1.165, 1.54) is 18.0 Å². The first-order chi connectivity index (χ1) is 7.84. The van der Waals surface area contributed by atoms with Gasteiger partial charge in [0.05, 0.1) is 6.61 Å². The van der Waals surface area contributed by atoms with Gasteiger partial charge < -0.3 is 9.94 Å². The van der Waals surface area contributed by atoms with Gasteiger partial charge in [-0.15, -0.1) is 0 Å². The average molecular weight is 235 g/mol. The van der Waals surface area contributed by atoms with E-state index in [-0.39, 0.29) is 0 Å². The first-order valence-corrected chi connectivity index (χ1v) is 6.11. The van der Waals surface area contributed by atoms with Gasteiger partial charge in [0.25, 0.3) is 0 Å². The summed E-state index contributed by atoms with van der Waals surface area (Å²) in [6.07, 6.45) is 4.91. The standard InChI is InChI=1S/C12H13NO2S/c14-13-6-3-12(4-7-13)15-8-1-2-11-5-9-16-10-11/h3-7,9-10H,1-2,8H2. The maximum absolute atomic E-state index is 10.8. The summed E-state index contributed by atoms with van der Waals surface area (Å²) in [4.78, 5) is 0. The quantitative estimate of drug-likeness (QED) is 0.453. The molecule has 0 aliphatic heterocycles. The summed E-state index contributed by atoms with van der Waals surface area (Å²) in [5.74, 6) is 0.748. The molecular formula is C12H13NO2S. The van der Waals surface area contributed by atoms with E-state index in [4.69, 9.17) is 4.74 Å². The number of hydrogen-bond acceptors (Lipinski definition) is 3. The maximum atomic E-state index is 10.8. The Morgan fingerprint density at radius 1 is 1.25 bits per heavy atom. The molecule has 0 bridgehead atoms. The summed E-state index contributed by atoms with van der Waals surface area (Å²) in [6, 6.07) is 5.49. The summed E-state index contributed by atoms with van der Waals surface area (Å²) < 4.78 is 6.26. The van der Waals surface area contributed by atoms with Gasteiger partial charge in [0.1, 0.15) is 5.75 Å². The van der Waals surface area contributed by atoms with Crippen LogP contribution in [0.1, 0.15) is 12.0 Å². The molecule has 84 valence electrons. The molecule has 2 aromatic heterocycles. The van der Waals surface area contributed by atoms with Crippen LogP contribution in [-0.2, 0) is 6.42 Å². The highest BCUT2D eigenvalue weighted by Gasteiger charge is 1.97. The van der Waals surface area contributed by atoms with Gasteiger partial charge in [-0.25, -0.2) is 0 Å². The van der Waals surface area contributed by atoms with E-state index in [0.29, 0.717) is 6.61 Å². The van der Waals surface area contributed by atoms with Crippen molar-refractivity contribution < 1.29 is 9.47 Å². The number of thiophene rings is 1. The molecule has 0 radical (unpaired) electrons. The monoisotopic (exact) mass is 235 g/mol. The van der Waals surface area contributed by atoms with Crippen molar-refractivity contribution in [3.8, 4) is 5.75 Å². The summed E-state index contributed by atoms with van der Waals surface area (Å²) >= 11 is 1.72. The summed E-state index contributed by atoms with van der Waals surface area (Å²) in [7, 11) is 0. The Kier molecular flexibility index (Phi) is 3.77. The minimum atomic E-state index is 0.679. The molecule has 3 nitrogen and oxygen atoms in total. The Labute approximate surface area is 98.5 Å². The van der Waals surface area contributed by atoms with Crippen LogP contribution in [0.25, 0.3) is 0 Å². The van der Waals surface area contributed by atoms with Crippen molar-refractivity contribution in [1.82, 2.24) is 0 Å². The minimum Gasteiger partial charge on any atom is -0.619 e. The smallest absolute Gasteiger partial charge is 0.184 e. The molecule has 0 unspecified atom stereocenters. The molecule has 0 saturated carbocycles. The number of aryl methyl sites for hydroxylation is 1. The average Bonchev–Trinajstić information content (AvgIpc) is 2.80. The van der Waals surface area contributed by atoms with Crippen LogP contribution in [0.5, 0.6) is 5.75 Å². The van der Waals surface area contributed by atoms with Gasteiger partial charge in [0.15, 0.2) is 12.4 Å². The molecule has 2 rings (SSSR count). The van der Waals surface area contributed by atoms with Crippen LogP contribution in [0.2, 0.25) is 0 Å². The fraction of sp³-hybridized carbons (Fsp3) is 0.250. The van der Waals surface area contributed by atoms with Crippen molar-refractivity contribution >= 4 is 11.3 Å². The Hall–Kier alpha value is -1.55. The second-order valence-electron chi connectivity index (χ2n) is 3.48. The topological polar surface area (TPSA) is 36.2 Å². The number of nitrogens with zero attached hydrogens (tertiary/aromatic N) is 1. The van der Waals surface area contributed by atoms with Gasteiger partial charge >= 0.3 is 0 Å². The van der Waals surface area contributed by atoms with E-state index in [1.54, 1.807) is 23.5 Å². The molecule has 0 N–H and O–H groups in total. The summed E-state index contributed by atoms with van der Waals surface area (Å²) in [5, 5.41) is 15.0. The van der Waals surface area contributed by atoms with Crippen LogP contribution >= 0.6 is 11.3 Å². The third-order valence-corrected chi connectivity index (χ3v) is 2.96. The van der Waals surface area contributed by atoms with Crippen molar-refractivity contribution in [2.75, 3.05) is 6.61 Å². The van der Waals surface area contributed by atoms with E-state index in [9.17, 15) is 5.21 Å². The number of aromatic nitrogens is 1. The summed E-state index contributed by atoms with van der Waals surface area (Å²) in [6.45, 7) is 0.679. The molecule has 0 atom stereocenters. The normalized spacial score (nSPS) is 10.2. The van der Waals surface area contributed by atoms with E-state index in [1.807, 2.05) is 0 Å². The lowest BCUT2D eigenvalue weighted by molar-refractivity contribution is -0.605. The molecule has 0 fully saturated rings. The van der Waals surface area contributed by atoms with Crippen molar-refractivity contribution in [2.45, 2.75) is 12.8 Å². The van der Waals surface area contributed by atoms with Crippen molar-refractivity contribution in [2.24, 2.45) is 0 Å². The largest absolute Gasteiger partial charge is 0.619 e. The van der Waals surface area contributed by atoms with Crippen LogP contribution in [0.4, 0.5) is 0 Å². The lowest BCUT2D eigenvalue weighted by Crippen LogP contribution is -2.23. The van der Waals surface area contributed by atoms with Gasteiger partial charge in [-0.2, -0.15) is 16.1 Å². The lowest BCUT2D eigenvalue weighted by atomic mass is 10.2. The van der Waals surface area contributed by atoms with Gasteiger partial charge in [0, 0.05) is 12.1 Å². The van der Waals surface area contributed by atoms with Crippen LogP contribution < -0.4 is 9.47 Å². The van der Waals surface area contributed by atoms with Crippen molar-refractivity contribution in [3.05, 3.63) is 52.1 Å². The SMILES string of the molecule is [O-][n+]1ccc(OCCCc2ccsc2)cc1.